The SMILES string of the molecule is CC1(C)OB(c2cccc(CC(=O)Nc3ccc(C#N)c(C(F)(F)F)c3)c2)OC1(C)C. The molecule has 0 aromatic heterocycles. The number of carbonyl (C=O) groups is 1. The van der Waals surface area contributed by atoms with Crippen LogP contribution < -0.4 is 10.8 Å². The van der Waals surface area contributed by atoms with Crippen molar-refractivity contribution in [3.8, 4) is 6.07 Å². The molecular formula is C22H22BF3N2O3. The van der Waals surface area contributed by atoms with Gasteiger partial charge < -0.3 is 14.6 Å². The van der Waals surface area contributed by atoms with Crippen molar-refractivity contribution in [2.75, 3.05) is 5.32 Å². The van der Waals surface area contributed by atoms with E-state index in [1.165, 1.54) is 12.1 Å². The molecule has 1 aliphatic heterocycles. The lowest BCUT2D eigenvalue weighted by atomic mass is 9.78. The van der Waals surface area contributed by atoms with Crippen LogP contribution in [-0.4, -0.2) is 24.2 Å². The van der Waals surface area contributed by atoms with Gasteiger partial charge in [-0.1, -0.05) is 24.3 Å². The summed E-state index contributed by atoms with van der Waals surface area (Å²) in [5.41, 5.74) is -1.21. The number of anilines is 1. The van der Waals surface area contributed by atoms with E-state index < -0.39 is 41.5 Å². The molecule has 31 heavy (non-hydrogen) atoms. The van der Waals surface area contributed by atoms with E-state index in [4.69, 9.17) is 14.6 Å². The number of alkyl halides is 3. The van der Waals surface area contributed by atoms with Crippen molar-refractivity contribution in [1.29, 1.82) is 5.26 Å². The largest absolute Gasteiger partial charge is 0.494 e. The van der Waals surface area contributed by atoms with Crippen molar-refractivity contribution < 1.29 is 27.3 Å². The van der Waals surface area contributed by atoms with Gasteiger partial charge in [0.2, 0.25) is 5.91 Å². The van der Waals surface area contributed by atoms with Crippen molar-refractivity contribution in [2.45, 2.75) is 51.5 Å². The van der Waals surface area contributed by atoms with Gasteiger partial charge in [-0.05, 0) is 56.9 Å². The van der Waals surface area contributed by atoms with E-state index in [2.05, 4.69) is 5.32 Å². The fourth-order valence-electron chi connectivity index (χ4n) is 3.17. The predicted molar refractivity (Wildman–Crippen MR) is 111 cm³/mol. The lowest BCUT2D eigenvalue weighted by molar-refractivity contribution is -0.137. The summed E-state index contributed by atoms with van der Waals surface area (Å²) in [5.74, 6) is -0.482. The van der Waals surface area contributed by atoms with Gasteiger partial charge in [0.1, 0.15) is 0 Å². The first-order valence-corrected chi connectivity index (χ1v) is 9.68. The Hall–Kier alpha value is -2.83. The zero-order valence-electron chi connectivity index (χ0n) is 17.6. The second kappa shape index (κ2) is 8.02. The van der Waals surface area contributed by atoms with Crippen LogP contribution in [0.4, 0.5) is 18.9 Å². The van der Waals surface area contributed by atoms with Gasteiger partial charge in [0.25, 0.3) is 0 Å². The van der Waals surface area contributed by atoms with E-state index in [1.807, 2.05) is 33.8 Å². The minimum Gasteiger partial charge on any atom is -0.399 e. The van der Waals surface area contributed by atoms with Crippen molar-refractivity contribution in [3.63, 3.8) is 0 Å². The van der Waals surface area contributed by atoms with Crippen molar-refractivity contribution in [3.05, 3.63) is 59.2 Å². The lowest BCUT2D eigenvalue weighted by Gasteiger charge is -2.32. The first-order chi connectivity index (χ1) is 14.3. The Morgan fingerprint density at radius 1 is 1.10 bits per heavy atom. The molecule has 1 N–H and O–H groups in total. The number of carbonyl (C=O) groups excluding carboxylic acids is 1. The number of halogens is 3. The van der Waals surface area contributed by atoms with Crippen LogP contribution >= 0.6 is 0 Å². The summed E-state index contributed by atoms with van der Waals surface area (Å²) in [6, 6.07) is 11.7. The Balaban J connectivity index is 1.73. The number of hydrogen-bond donors (Lipinski definition) is 1. The molecule has 2 aromatic carbocycles. The molecule has 1 heterocycles. The van der Waals surface area contributed by atoms with Crippen LogP contribution in [0.25, 0.3) is 0 Å². The number of rotatable bonds is 4. The third-order valence-corrected chi connectivity index (χ3v) is 5.57. The van der Waals surface area contributed by atoms with Crippen LogP contribution in [0.15, 0.2) is 42.5 Å². The Morgan fingerprint density at radius 3 is 2.32 bits per heavy atom. The Labute approximate surface area is 179 Å². The molecule has 1 saturated heterocycles. The van der Waals surface area contributed by atoms with Gasteiger partial charge in [-0.25, -0.2) is 0 Å². The molecule has 1 amide bonds. The third-order valence-electron chi connectivity index (χ3n) is 5.57. The number of nitriles is 1. The summed E-state index contributed by atoms with van der Waals surface area (Å²) >= 11 is 0. The lowest BCUT2D eigenvalue weighted by Crippen LogP contribution is -2.41. The van der Waals surface area contributed by atoms with Gasteiger partial charge in [-0.3, -0.25) is 4.79 Å². The third kappa shape index (κ3) is 4.92. The zero-order valence-corrected chi connectivity index (χ0v) is 17.6. The molecule has 9 heteroatoms. The van der Waals surface area contributed by atoms with Gasteiger partial charge in [0.05, 0.1) is 34.8 Å². The van der Waals surface area contributed by atoms with Gasteiger partial charge >= 0.3 is 13.3 Å². The molecule has 1 fully saturated rings. The number of nitrogens with zero attached hydrogens (tertiary/aromatic N) is 1. The monoisotopic (exact) mass is 430 g/mol. The summed E-state index contributed by atoms with van der Waals surface area (Å²) < 4.78 is 51.4. The standard InChI is InChI=1S/C22H22BF3N2O3/c1-20(2)21(3,4)31-23(30-20)16-7-5-6-14(10-16)11-19(29)28-17-9-8-15(13-27)18(12-17)22(24,25)26/h5-10,12H,11H2,1-4H3,(H,28,29). The highest BCUT2D eigenvalue weighted by atomic mass is 19.4. The Bertz CT molecular complexity index is 1030. The topological polar surface area (TPSA) is 71.3 Å². The maximum atomic E-state index is 13.1. The van der Waals surface area contributed by atoms with E-state index in [1.54, 1.807) is 18.2 Å². The predicted octanol–water partition coefficient (Wildman–Crippen LogP) is 4.06. The smallest absolute Gasteiger partial charge is 0.399 e. The van der Waals surface area contributed by atoms with Gasteiger partial charge in [0.15, 0.2) is 0 Å². The fourth-order valence-corrected chi connectivity index (χ4v) is 3.17. The summed E-state index contributed by atoms with van der Waals surface area (Å²) in [4.78, 5) is 12.4. The first-order valence-electron chi connectivity index (χ1n) is 9.68. The first kappa shape index (κ1) is 22.9. The quantitative estimate of drug-likeness (QED) is 0.743. The molecule has 0 radical (unpaired) electrons. The molecule has 162 valence electrons. The number of hydrogen-bond acceptors (Lipinski definition) is 4. The summed E-state index contributed by atoms with van der Waals surface area (Å²) in [6.45, 7) is 7.77. The van der Waals surface area contributed by atoms with E-state index in [0.717, 1.165) is 17.6 Å². The van der Waals surface area contributed by atoms with Crippen LogP contribution in [0.1, 0.15) is 44.4 Å². The van der Waals surface area contributed by atoms with Gasteiger partial charge in [-0.15, -0.1) is 0 Å². The molecule has 0 aliphatic carbocycles. The Morgan fingerprint density at radius 2 is 1.74 bits per heavy atom. The van der Waals surface area contributed by atoms with E-state index in [-0.39, 0.29) is 12.1 Å². The second-order valence-corrected chi connectivity index (χ2v) is 8.43. The van der Waals surface area contributed by atoms with Crippen molar-refractivity contribution in [2.24, 2.45) is 0 Å². The normalized spacial score (nSPS) is 17.3. The van der Waals surface area contributed by atoms with E-state index >= 15 is 0 Å². The maximum Gasteiger partial charge on any atom is 0.494 e. The zero-order chi connectivity index (χ0) is 23.0. The fraction of sp³-hybridized carbons (Fsp3) is 0.364. The summed E-state index contributed by atoms with van der Waals surface area (Å²) in [7, 11) is -0.583. The average Bonchev–Trinajstić information content (AvgIpc) is 2.88. The highest BCUT2D eigenvalue weighted by Gasteiger charge is 2.51. The summed E-state index contributed by atoms with van der Waals surface area (Å²) in [5, 5.41) is 11.3. The van der Waals surface area contributed by atoms with Crippen LogP contribution in [0.5, 0.6) is 0 Å². The van der Waals surface area contributed by atoms with Crippen molar-refractivity contribution in [1.82, 2.24) is 0 Å². The Kier molecular flexibility index (Phi) is 5.91. The molecule has 1 aliphatic rings. The minimum atomic E-state index is -4.69. The van der Waals surface area contributed by atoms with Crippen molar-refractivity contribution >= 4 is 24.2 Å². The molecule has 3 rings (SSSR count). The average molecular weight is 430 g/mol. The van der Waals surface area contributed by atoms with Crippen LogP contribution in [0, 0.1) is 11.3 Å². The van der Waals surface area contributed by atoms with Crippen LogP contribution in [0.2, 0.25) is 0 Å². The molecular weight excluding hydrogens is 408 g/mol. The molecule has 0 saturated carbocycles. The van der Waals surface area contributed by atoms with E-state index in [9.17, 15) is 18.0 Å². The molecule has 2 aromatic rings. The molecule has 0 bridgehead atoms. The highest BCUT2D eigenvalue weighted by Crippen LogP contribution is 2.36. The maximum absolute atomic E-state index is 13.1. The second-order valence-electron chi connectivity index (χ2n) is 8.43. The highest BCUT2D eigenvalue weighted by molar-refractivity contribution is 6.62. The van der Waals surface area contributed by atoms with Gasteiger partial charge in [0, 0.05) is 5.69 Å². The molecule has 5 nitrogen and oxygen atoms in total. The van der Waals surface area contributed by atoms with Crippen LogP contribution in [-0.2, 0) is 26.7 Å². The minimum absolute atomic E-state index is 0.0292. The number of nitrogens with one attached hydrogen (secondary N) is 1. The molecule has 0 spiro atoms. The number of amides is 1. The molecule has 0 unspecified atom stereocenters. The summed E-state index contributed by atoms with van der Waals surface area (Å²) in [6.07, 6.45) is -4.74. The molecule has 0 atom stereocenters. The van der Waals surface area contributed by atoms with Crippen LogP contribution in [0.3, 0.4) is 0 Å². The van der Waals surface area contributed by atoms with E-state index in [0.29, 0.717) is 5.56 Å². The number of benzene rings is 2. The van der Waals surface area contributed by atoms with Gasteiger partial charge in [-0.2, -0.15) is 18.4 Å².